The minimum absolute atomic E-state index is 0.0140. The number of primary amides is 1. The van der Waals surface area contributed by atoms with E-state index in [2.05, 4.69) is 47.5 Å². The van der Waals surface area contributed by atoms with Crippen molar-refractivity contribution in [3.63, 3.8) is 0 Å². The van der Waals surface area contributed by atoms with Crippen LogP contribution in [0, 0.1) is 11.8 Å². The van der Waals surface area contributed by atoms with E-state index in [9.17, 15) is 73.2 Å². The molecule has 10 atom stereocenters. The van der Waals surface area contributed by atoms with E-state index in [4.69, 9.17) is 22.9 Å². The molecule has 0 saturated carbocycles. The van der Waals surface area contributed by atoms with E-state index in [1.807, 2.05) is 0 Å². The molecule has 29 nitrogen and oxygen atoms in total. The van der Waals surface area contributed by atoms with Gasteiger partial charge in [-0.3, -0.25) is 52.9 Å². The Labute approximate surface area is 439 Å². The smallest absolute Gasteiger partial charge is 0.326 e. The number of carboxylic acids is 1. The van der Waals surface area contributed by atoms with Gasteiger partial charge in [-0.05, 0) is 68.6 Å². The van der Waals surface area contributed by atoms with Crippen molar-refractivity contribution in [2.75, 3.05) is 32.8 Å². The lowest BCUT2D eigenvalue weighted by atomic mass is 9.97. The molecule has 1 saturated heterocycles. The second-order valence-electron chi connectivity index (χ2n) is 18.7. The summed E-state index contributed by atoms with van der Waals surface area (Å²) in [7, 11) is 0. The maximum absolute atomic E-state index is 14.0. The van der Waals surface area contributed by atoms with Gasteiger partial charge < -0.3 is 90.8 Å². The summed E-state index contributed by atoms with van der Waals surface area (Å²) in [6, 6.07) is -6.78. The van der Waals surface area contributed by atoms with Crippen LogP contribution in [0.2, 0.25) is 0 Å². The molecule has 1 heterocycles. The molecule has 29 heteroatoms. The Morgan fingerprint density at radius 1 is 0.697 bits per heavy atom. The molecule has 0 bridgehead atoms. The van der Waals surface area contributed by atoms with Crippen LogP contribution in [0.1, 0.15) is 85.1 Å². The summed E-state index contributed by atoms with van der Waals surface area (Å²) >= 11 is 0. The van der Waals surface area contributed by atoms with Crippen molar-refractivity contribution in [1.82, 2.24) is 47.4 Å². The normalized spacial score (nSPS) is 16.6. The van der Waals surface area contributed by atoms with E-state index >= 15 is 0 Å². The number of hydrogen-bond acceptors (Lipinski definition) is 16. The van der Waals surface area contributed by atoms with E-state index in [0.717, 1.165) is 4.90 Å². The number of nitrogens with two attached hydrogens (primary N) is 4. The maximum atomic E-state index is 14.0. The molecule has 20 N–H and O–H groups in total. The number of benzene rings is 1. The molecule has 1 aliphatic heterocycles. The minimum atomic E-state index is -1.71. The van der Waals surface area contributed by atoms with E-state index in [0.29, 0.717) is 18.4 Å². The van der Waals surface area contributed by atoms with Crippen molar-refractivity contribution in [1.29, 1.82) is 0 Å². The first-order valence-corrected chi connectivity index (χ1v) is 24.8. The van der Waals surface area contributed by atoms with Gasteiger partial charge in [0.2, 0.25) is 59.1 Å². The number of likely N-dealkylation sites (tertiary alicyclic amines) is 1. The number of nitrogens with one attached hydrogen (secondary N) is 8. The topological polar surface area (TPSA) is 485 Å². The highest BCUT2D eigenvalue weighted by Crippen LogP contribution is 2.19. The third kappa shape index (κ3) is 21.3. The highest BCUT2D eigenvalue weighted by molar-refractivity contribution is 5.98. The molecule has 0 spiro atoms. The standard InChI is InChI=1S/C47H76N14O15/c1-6-24(4)37(59-35(66)20-53-39(68)31(57-38(67)28(48)21-62)19-26-11-13-27(64)14-12-26)44(73)58-32(22-63)42(71)60-36(23(2)3)43(72)56-29(9-7-17-52-47(50)51)41(70)55-30(15-16-34(49)65)40(69)54-25(5)45(74)61-18-8-10-33(61)46(75)76/h11-14,23-25,28-33,36-37,62-64H,6-10,15-22,48H2,1-5H3,(H2,49,65)(H,53,68)(H,54,69)(H,55,70)(H,56,72)(H,57,67)(H,58,73)(H,59,66)(H,60,71)(H,75,76)(H4,50,51,52)/t24-,25-,28-,29-,30-,31-,32-,33-,36-,37-/m0/s1. The number of aliphatic hydroxyl groups excluding tert-OH is 2. The Balaban J connectivity index is 2.26. The molecular weight excluding hydrogens is 1000 g/mol. The zero-order valence-electron chi connectivity index (χ0n) is 43.3. The quantitative estimate of drug-likeness (QED) is 0.0181. The summed E-state index contributed by atoms with van der Waals surface area (Å²) in [5.74, 6) is -11.8. The first-order chi connectivity index (χ1) is 35.7. The van der Waals surface area contributed by atoms with Gasteiger partial charge in [0.25, 0.3) is 0 Å². The van der Waals surface area contributed by atoms with Gasteiger partial charge in [-0.1, -0.05) is 46.2 Å². The Kier molecular flexibility index (Phi) is 27.1. The number of amides is 10. The highest BCUT2D eigenvalue weighted by Gasteiger charge is 2.38. The largest absolute Gasteiger partial charge is 0.508 e. The van der Waals surface area contributed by atoms with Crippen molar-refractivity contribution in [3.8, 4) is 5.75 Å². The van der Waals surface area contributed by atoms with Crippen molar-refractivity contribution in [3.05, 3.63) is 29.8 Å². The van der Waals surface area contributed by atoms with E-state index < -0.39 is 157 Å². The third-order valence-corrected chi connectivity index (χ3v) is 12.3. The van der Waals surface area contributed by atoms with E-state index in [1.165, 1.54) is 31.2 Å². The Bertz CT molecular complexity index is 2230. The fraction of sp³-hybridized carbons (Fsp3) is 0.617. The van der Waals surface area contributed by atoms with Crippen LogP contribution in [0.3, 0.4) is 0 Å². The van der Waals surface area contributed by atoms with Crippen LogP contribution in [-0.4, -0.2) is 184 Å². The molecule has 0 unspecified atom stereocenters. The molecule has 2 rings (SSSR count). The average Bonchev–Trinajstić information content (AvgIpc) is 3.87. The lowest BCUT2D eigenvalue weighted by Crippen LogP contribution is -2.61. The number of hydrogen-bond donors (Lipinski definition) is 16. The Morgan fingerprint density at radius 3 is 1.83 bits per heavy atom. The van der Waals surface area contributed by atoms with Crippen molar-refractivity contribution in [2.24, 2.45) is 39.8 Å². The van der Waals surface area contributed by atoms with Gasteiger partial charge in [0.15, 0.2) is 5.96 Å². The minimum Gasteiger partial charge on any atom is -0.508 e. The van der Waals surface area contributed by atoms with Gasteiger partial charge in [-0.25, -0.2) is 4.79 Å². The fourth-order valence-electron chi connectivity index (χ4n) is 7.67. The predicted molar refractivity (Wildman–Crippen MR) is 271 cm³/mol. The van der Waals surface area contributed by atoms with Gasteiger partial charge in [-0.2, -0.15) is 0 Å². The van der Waals surface area contributed by atoms with Gasteiger partial charge in [0.1, 0.15) is 60.1 Å². The van der Waals surface area contributed by atoms with E-state index in [-0.39, 0.29) is 56.9 Å². The molecular formula is C47H76N14O15. The number of guanidine groups is 1. The molecule has 0 radical (unpaired) electrons. The zero-order valence-corrected chi connectivity index (χ0v) is 43.3. The van der Waals surface area contributed by atoms with Crippen molar-refractivity contribution < 1.29 is 73.2 Å². The predicted octanol–water partition coefficient (Wildman–Crippen LogP) is -6.13. The summed E-state index contributed by atoms with van der Waals surface area (Å²) in [4.78, 5) is 150. The number of carboxylic acid groups (broad SMARTS) is 1. The van der Waals surface area contributed by atoms with Crippen LogP contribution in [0.25, 0.3) is 0 Å². The number of aliphatic hydroxyl groups is 2. The molecule has 424 valence electrons. The number of phenols is 1. The Hall–Kier alpha value is -7.66. The highest BCUT2D eigenvalue weighted by atomic mass is 16.4. The summed E-state index contributed by atoms with van der Waals surface area (Å²) < 4.78 is 0. The van der Waals surface area contributed by atoms with Crippen molar-refractivity contribution in [2.45, 2.75) is 140 Å². The average molecular weight is 1080 g/mol. The fourth-order valence-corrected chi connectivity index (χ4v) is 7.67. The number of carbonyl (C=O) groups excluding carboxylic acids is 10. The van der Waals surface area contributed by atoms with Crippen LogP contribution < -0.4 is 65.5 Å². The number of rotatable bonds is 32. The van der Waals surface area contributed by atoms with Crippen LogP contribution >= 0.6 is 0 Å². The first-order valence-electron chi connectivity index (χ1n) is 24.8. The van der Waals surface area contributed by atoms with Gasteiger partial charge in [0, 0.05) is 25.9 Å². The second-order valence-corrected chi connectivity index (χ2v) is 18.7. The molecule has 1 aliphatic rings. The molecule has 1 fully saturated rings. The Morgan fingerprint density at radius 2 is 1.26 bits per heavy atom. The lowest BCUT2D eigenvalue weighted by molar-refractivity contribution is -0.149. The first kappa shape index (κ1) is 64.5. The number of carbonyl (C=O) groups is 11. The lowest BCUT2D eigenvalue weighted by Gasteiger charge is -2.29. The van der Waals surface area contributed by atoms with Crippen LogP contribution in [0.4, 0.5) is 0 Å². The summed E-state index contributed by atoms with van der Waals surface area (Å²) in [6.07, 6.45) is 0.00319. The van der Waals surface area contributed by atoms with Gasteiger partial charge in [0.05, 0.1) is 19.8 Å². The zero-order chi connectivity index (χ0) is 57.4. The number of aliphatic imine (C=N–C) groups is 1. The number of aromatic hydroxyl groups is 1. The molecule has 10 amide bonds. The summed E-state index contributed by atoms with van der Waals surface area (Å²) in [5, 5.41) is 58.5. The summed E-state index contributed by atoms with van der Waals surface area (Å²) in [6.45, 7) is 5.41. The SMILES string of the molecule is CC[C@H](C)[C@H](NC(=O)CNC(=O)[C@H](Cc1ccc(O)cc1)NC(=O)[C@@H](N)CO)C(=O)N[C@@H](CO)C(=O)N[C@H](C(=O)N[C@@H](CCCN=C(N)N)C(=O)N[C@@H](CCC(N)=O)C(=O)N[C@@H](C)C(=O)N1CCC[C@H]1C(=O)O)C(C)C. The number of aliphatic carboxylic acids is 1. The van der Waals surface area contributed by atoms with Gasteiger partial charge in [-0.15, -0.1) is 0 Å². The number of phenolic OH excluding ortho intramolecular Hbond substituents is 1. The second kappa shape index (κ2) is 31.9. The third-order valence-electron chi connectivity index (χ3n) is 12.3. The molecule has 0 aliphatic carbocycles. The maximum Gasteiger partial charge on any atom is 0.326 e. The summed E-state index contributed by atoms with van der Waals surface area (Å²) in [5.41, 5.74) is 22.4. The van der Waals surface area contributed by atoms with Crippen LogP contribution in [0.5, 0.6) is 5.75 Å². The monoisotopic (exact) mass is 1080 g/mol. The molecule has 1 aromatic carbocycles. The molecule has 0 aromatic heterocycles. The van der Waals surface area contributed by atoms with Crippen LogP contribution in [0.15, 0.2) is 29.3 Å². The number of nitrogens with zero attached hydrogens (tertiary/aromatic N) is 2. The van der Waals surface area contributed by atoms with Crippen molar-refractivity contribution >= 4 is 71.0 Å². The van der Waals surface area contributed by atoms with E-state index in [1.54, 1.807) is 27.7 Å². The van der Waals surface area contributed by atoms with Gasteiger partial charge >= 0.3 is 5.97 Å². The molecule has 1 aromatic rings. The molecule has 76 heavy (non-hydrogen) atoms. The van der Waals surface area contributed by atoms with Crippen LogP contribution in [-0.2, 0) is 59.2 Å².